The Bertz CT molecular complexity index is 871. The smallest absolute Gasteiger partial charge is 0.319 e. The minimum Gasteiger partial charge on any atom is -0.341 e. The van der Waals surface area contributed by atoms with E-state index in [9.17, 15) is 4.79 Å². The van der Waals surface area contributed by atoms with E-state index in [1.165, 1.54) is 16.4 Å². The quantitative estimate of drug-likeness (QED) is 0.706. The van der Waals surface area contributed by atoms with Crippen molar-refractivity contribution in [2.24, 2.45) is 0 Å². The molecule has 0 unspecified atom stereocenters. The Morgan fingerprint density at radius 1 is 1.04 bits per heavy atom. The lowest BCUT2D eigenvalue weighted by Gasteiger charge is -2.20. The van der Waals surface area contributed by atoms with Crippen molar-refractivity contribution in [2.45, 2.75) is 39.8 Å². The number of carbonyl (C=O) groups excluding carboxylic acids is 1. The molecule has 0 radical (unpaired) electrons. The summed E-state index contributed by atoms with van der Waals surface area (Å²) in [5.41, 5.74) is 2.96. The van der Waals surface area contributed by atoms with Crippen LogP contribution in [0.25, 0.3) is 21.8 Å². The highest BCUT2D eigenvalue weighted by atomic mass is 16.2. The molecule has 3 rings (SSSR count). The van der Waals surface area contributed by atoms with Crippen molar-refractivity contribution >= 4 is 33.5 Å². The average Bonchev–Trinajstić information content (AvgIpc) is 2.78. The van der Waals surface area contributed by atoms with E-state index >= 15 is 0 Å². The van der Waals surface area contributed by atoms with Gasteiger partial charge in [0, 0.05) is 39.6 Å². The summed E-state index contributed by atoms with van der Waals surface area (Å²) in [6.45, 7) is 8.95. The van der Waals surface area contributed by atoms with Crippen LogP contribution >= 0.6 is 0 Å². The first-order valence-electron chi connectivity index (χ1n) is 7.99. The molecule has 2 N–H and O–H groups in total. The van der Waals surface area contributed by atoms with E-state index in [1.54, 1.807) is 0 Å². The van der Waals surface area contributed by atoms with Gasteiger partial charge in [0.05, 0.1) is 0 Å². The van der Waals surface area contributed by atoms with E-state index in [1.807, 2.05) is 39.0 Å². The third-order valence-corrected chi connectivity index (χ3v) is 3.83. The average molecular weight is 309 g/mol. The topological polar surface area (TPSA) is 46.1 Å². The second kappa shape index (κ2) is 5.61. The van der Waals surface area contributed by atoms with Gasteiger partial charge in [-0.05, 0) is 52.0 Å². The molecule has 0 saturated carbocycles. The maximum atomic E-state index is 12.1. The maximum Gasteiger partial charge on any atom is 0.319 e. The molecule has 0 bridgehead atoms. The maximum absolute atomic E-state index is 12.1. The minimum absolute atomic E-state index is 0.184. The molecule has 3 aromatic rings. The zero-order valence-electron chi connectivity index (χ0n) is 14.1. The Labute approximate surface area is 136 Å². The Morgan fingerprint density at radius 2 is 1.74 bits per heavy atom. The summed E-state index contributed by atoms with van der Waals surface area (Å²) in [5, 5.41) is 8.21. The van der Waals surface area contributed by atoms with Crippen LogP contribution in [0.2, 0.25) is 0 Å². The summed E-state index contributed by atoms with van der Waals surface area (Å²) in [7, 11) is 0. The predicted molar refractivity (Wildman–Crippen MR) is 97.0 cm³/mol. The molecule has 0 atom stereocenters. The summed E-state index contributed by atoms with van der Waals surface area (Å²) in [6.07, 6.45) is 0. The van der Waals surface area contributed by atoms with Crippen molar-refractivity contribution < 1.29 is 4.79 Å². The van der Waals surface area contributed by atoms with Gasteiger partial charge in [-0.1, -0.05) is 18.2 Å². The second-order valence-corrected chi connectivity index (χ2v) is 6.82. The Morgan fingerprint density at radius 3 is 2.43 bits per heavy atom. The summed E-state index contributed by atoms with van der Waals surface area (Å²) in [5.74, 6) is 0. The number of para-hydroxylation sites is 1. The molecule has 0 aliphatic carbocycles. The van der Waals surface area contributed by atoms with Crippen molar-refractivity contribution in [1.82, 2.24) is 9.88 Å². The van der Waals surface area contributed by atoms with E-state index in [4.69, 9.17) is 0 Å². The zero-order valence-corrected chi connectivity index (χ0v) is 14.1. The molecule has 1 aromatic heterocycles. The summed E-state index contributed by atoms with van der Waals surface area (Å²) in [6, 6.07) is 14.3. The number of aromatic nitrogens is 1. The highest BCUT2D eigenvalue weighted by Crippen LogP contribution is 2.30. The van der Waals surface area contributed by atoms with Crippen LogP contribution < -0.4 is 10.6 Å². The molecule has 0 saturated heterocycles. The van der Waals surface area contributed by atoms with Crippen LogP contribution in [-0.4, -0.2) is 16.1 Å². The molecular formula is C19H23N3O. The largest absolute Gasteiger partial charge is 0.341 e. The van der Waals surface area contributed by atoms with Gasteiger partial charge in [0.2, 0.25) is 0 Å². The molecule has 23 heavy (non-hydrogen) atoms. The van der Waals surface area contributed by atoms with E-state index in [-0.39, 0.29) is 11.6 Å². The van der Waals surface area contributed by atoms with Crippen molar-refractivity contribution in [3.05, 3.63) is 42.5 Å². The van der Waals surface area contributed by atoms with Gasteiger partial charge in [-0.25, -0.2) is 4.79 Å². The SMILES string of the molecule is CCn1c2ccccc2c2cc(NC(=O)NC(C)(C)C)ccc21. The normalized spacial score (nSPS) is 11.8. The fourth-order valence-corrected chi connectivity index (χ4v) is 2.98. The minimum atomic E-state index is -0.258. The number of hydrogen-bond acceptors (Lipinski definition) is 1. The predicted octanol–water partition coefficient (Wildman–Crippen LogP) is 4.73. The van der Waals surface area contributed by atoms with E-state index in [2.05, 4.69) is 46.4 Å². The standard InChI is InChI=1S/C19H23N3O/c1-5-22-16-9-7-6-8-14(16)15-12-13(10-11-17(15)22)20-18(23)21-19(2,3)4/h6-12H,5H2,1-4H3,(H2,20,21,23). The highest BCUT2D eigenvalue weighted by molar-refractivity contribution is 6.09. The van der Waals surface area contributed by atoms with Crippen molar-refractivity contribution in [1.29, 1.82) is 0 Å². The first kappa shape index (κ1) is 15.4. The third kappa shape index (κ3) is 3.02. The number of aryl methyl sites for hydroxylation is 1. The number of rotatable bonds is 2. The fraction of sp³-hybridized carbons (Fsp3) is 0.316. The van der Waals surface area contributed by atoms with E-state index in [0.717, 1.165) is 17.6 Å². The molecule has 0 aliphatic rings. The number of fused-ring (bicyclic) bond motifs is 3. The molecule has 2 amide bonds. The van der Waals surface area contributed by atoms with Crippen LogP contribution in [0.4, 0.5) is 10.5 Å². The monoisotopic (exact) mass is 309 g/mol. The Balaban J connectivity index is 2.02. The van der Waals surface area contributed by atoms with Gasteiger partial charge in [-0.3, -0.25) is 0 Å². The van der Waals surface area contributed by atoms with Crippen LogP contribution in [0.5, 0.6) is 0 Å². The van der Waals surface area contributed by atoms with E-state index < -0.39 is 0 Å². The molecule has 1 heterocycles. The molecule has 4 heteroatoms. The van der Waals surface area contributed by atoms with Gasteiger partial charge in [-0.2, -0.15) is 0 Å². The van der Waals surface area contributed by atoms with Crippen molar-refractivity contribution in [2.75, 3.05) is 5.32 Å². The molecule has 0 aliphatic heterocycles. The van der Waals surface area contributed by atoms with Crippen molar-refractivity contribution in [3.63, 3.8) is 0 Å². The number of carbonyl (C=O) groups is 1. The zero-order chi connectivity index (χ0) is 16.6. The van der Waals surface area contributed by atoms with Gasteiger partial charge in [-0.15, -0.1) is 0 Å². The Kier molecular flexibility index (Phi) is 3.76. The molecule has 2 aromatic carbocycles. The van der Waals surface area contributed by atoms with Gasteiger partial charge < -0.3 is 15.2 Å². The molecule has 0 spiro atoms. The fourth-order valence-electron chi connectivity index (χ4n) is 2.98. The highest BCUT2D eigenvalue weighted by Gasteiger charge is 2.14. The number of benzene rings is 2. The molecule has 4 nitrogen and oxygen atoms in total. The lowest BCUT2D eigenvalue weighted by molar-refractivity contribution is 0.244. The van der Waals surface area contributed by atoms with E-state index in [0.29, 0.717) is 0 Å². The molecule has 0 fully saturated rings. The number of nitrogens with zero attached hydrogens (tertiary/aromatic N) is 1. The number of urea groups is 1. The van der Waals surface area contributed by atoms with Gasteiger partial charge in [0.15, 0.2) is 0 Å². The van der Waals surface area contributed by atoms with Gasteiger partial charge in [0.25, 0.3) is 0 Å². The lowest BCUT2D eigenvalue weighted by Crippen LogP contribution is -2.43. The van der Waals surface area contributed by atoms with Crippen LogP contribution in [0.15, 0.2) is 42.5 Å². The second-order valence-electron chi connectivity index (χ2n) is 6.82. The van der Waals surface area contributed by atoms with Crippen LogP contribution in [-0.2, 0) is 6.54 Å². The van der Waals surface area contributed by atoms with Crippen LogP contribution in [0.1, 0.15) is 27.7 Å². The van der Waals surface area contributed by atoms with Gasteiger partial charge >= 0.3 is 6.03 Å². The number of amides is 2. The number of anilines is 1. The number of hydrogen-bond donors (Lipinski definition) is 2. The lowest BCUT2D eigenvalue weighted by atomic mass is 10.1. The molecule has 120 valence electrons. The Hall–Kier alpha value is -2.49. The van der Waals surface area contributed by atoms with Crippen molar-refractivity contribution in [3.8, 4) is 0 Å². The first-order chi connectivity index (χ1) is 10.9. The van der Waals surface area contributed by atoms with Crippen LogP contribution in [0.3, 0.4) is 0 Å². The molecular weight excluding hydrogens is 286 g/mol. The third-order valence-electron chi connectivity index (χ3n) is 3.83. The summed E-state index contributed by atoms with van der Waals surface area (Å²) < 4.78 is 2.30. The first-order valence-corrected chi connectivity index (χ1v) is 7.99. The summed E-state index contributed by atoms with van der Waals surface area (Å²) in [4.78, 5) is 12.1. The number of nitrogens with one attached hydrogen (secondary N) is 2. The summed E-state index contributed by atoms with van der Waals surface area (Å²) >= 11 is 0. The van der Waals surface area contributed by atoms with Gasteiger partial charge in [0.1, 0.15) is 0 Å². The van der Waals surface area contributed by atoms with Crippen LogP contribution in [0, 0.1) is 0 Å².